The van der Waals surface area contributed by atoms with Crippen molar-refractivity contribution < 1.29 is 24.2 Å². The first kappa shape index (κ1) is 14.2. The predicted octanol–water partition coefficient (Wildman–Crippen LogP) is 1.04. The van der Waals surface area contributed by atoms with Gasteiger partial charge < -0.3 is 19.9 Å². The smallest absolute Gasteiger partial charge is 0.307 e. The Balaban J connectivity index is 1.98. The van der Waals surface area contributed by atoms with Gasteiger partial charge in [0.2, 0.25) is 5.91 Å². The number of rotatable bonds is 6. The average Bonchev–Trinajstić information content (AvgIpc) is 3.24. The zero-order valence-electron chi connectivity index (χ0n) is 11.4. The number of carboxylic acids is 1. The molecule has 1 amide bonds. The number of hydrogen-bond donors (Lipinski definition) is 2. The fourth-order valence-corrected chi connectivity index (χ4v) is 2.16. The van der Waals surface area contributed by atoms with E-state index >= 15 is 0 Å². The van der Waals surface area contributed by atoms with E-state index in [1.54, 1.807) is 19.2 Å². The summed E-state index contributed by atoms with van der Waals surface area (Å²) in [6.07, 6.45) is 0.413. The van der Waals surface area contributed by atoms with E-state index in [0.29, 0.717) is 17.9 Å². The molecular weight excluding hydrogens is 262 g/mol. The van der Waals surface area contributed by atoms with Crippen LogP contribution in [-0.2, 0) is 16.1 Å². The molecule has 0 bridgehead atoms. The summed E-state index contributed by atoms with van der Waals surface area (Å²) >= 11 is 0. The van der Waals surface area contributed by atoms with E-state index in [1.807, 2.05) is 6.07 Å². The van der Waals surface area contributed by atoms with Crippen LogP contribution in [-0.4, -0.2) is 31.2 Å². The molecule has 1 aromatic rings. The Hall–Kier alpha value is -2.24. The Morgan fingerprint density at radius 2 is 2.05 bits per heavy atom. The van der Waals surface area contributed by atoms with Gasteiger partial charge in [-0.1, -0.05) is 12.1 Å². The number of carbonyl (C=O) groups is 2. The lowest BCUT2D eigenvalue weighted by atomic mass is 10.1. The molecule has 20 heavy (non-hydrogen) atoms. The normalized spacial score (nSPS) is 20.1. The van der Waals surface area contributed by atoms with Crippen molar-refractivity contribution in [2.24, 2.45) is 11.8 Å². The van der Waals surface area contributed by atoms with Crippen molar-refractivity contribution in [3.8, 4) is 11.5 Å². The second-order valence-electron chi connectivity index (χ2n) is 4.66. The molecule has 0 saturated heterocycles. The predicted molar refractivity (Wildman–Crippen MR) is 70.6 cm³/mol. The van der Waals surface area contributed by atoms with Gasteiger partial charge in [-0.3, -0.25) is 9.59 Å². The number of ether oxygens (including phenoxy) is 2. The van der Waals surface area contributed by atoms with Crippen LogP contribution in [0.5, 0.6) is 11.5 Å². The lowest BCUT2D eigenvalue weighted by Crippen LogP contribution is -2.26. The molecule has 6 heteroatoms. The second-order valence-corrected chi connectivity index (χ2v) is 4.66. The Labute approximate surface area is 116 Å². The fraction of sp³-hybridized carbons (Fsp3) is 0.429. The summed E-state index contributed by atoms with van der Waals surface area (Å²) in [5, 5.41) is 11.5. The average molecular weight is 279 g/mol. The Morgan fingerprint density at radius 1 is 1.30 bits per heavy atom. The standard InChI is InChI=1S/C14H17NO5/c1-19-11-5-3-4-8(12(11)20-2)7-15-13(16)9-6-10(9)14(17)18/h3-5,9-10H,6-7H2,1-2H3,(H,15,16)(H,17,18)/t9-,10-/m1/s1. The monoisotopic (exact) mass is 279 g/mol. The highest BCUT2D eigenvalue weighted by Gasteiger charge is 2.48. The van der Waals surface area contributed by atoms with Crippen LogP contribution >= 0.6 is 0 Å². The van der Waals surface area contributed by atoms with Gasteiger partial charge in [-0.2, -0.15) is 0 Å². The first-order valence-electron chi connectivity index (χ1n) is 6.28. The number of benzene rings is 1. The van der Waals surface area contributed by atoms with Crippen molar-refractivity contribution in [3.05, 3.63) is 23.8 Å². The summed E-state index contributed by atoms with van der Waals surface area (Å²) in [6, 6.07) is 5.40. The highest BCUT2D eigenvalue weighted by Crippen LogP contribution is 2.39. The number of methoxy groups -OCH3 is 2. The minimum Gasteiger partial charge on any atom is -0.493 e. The number of amides is 1. The minimum absolute atomic E-state index is 0.234. The van der Waals surface area contributed by atoms with Crippen LogP contribution in [0.15, 0.2) is 18.2 Å². The SMILES string of the molecule is COc1cccc(CNC(=O)[C@@H]2C[C@H]2C(=O)O)c1OC. The Morgan fingerprint density at radius 3 is 2.60 bits per heavy atom. The molecule has 2 N–H and O–H groups in total. The molecular formula is C14H17NO5. The quantitative estimate of drug-likeness (QED) is 0.812. The third kappa shape index (κ3) is 2.84. The van der Waals surface area contributed by atoms with Gasteiger partial charge in [-0.25, -0.2) is 0 Å². The van der Waals surface area contributed by atoms with E-state index in [0.717, 1.165) is 5.56 Å². The van der Waals surface area contributed by atoms with Gasteiger partial charge in [0.25, 0.3) is 0 Å². The van der Waals surface area contributed by atoms with E-state index in [1.165, 1.54) is 7.11 Å². The first-order valence-corrected chi connectivity index (χ1v) is 6.28. The minimum atomic E-state index is -0.913. The number of carboxylic acid groups (broad SMARTS) is 1. The van der Waals surface area contributed by atoms with Gasteiger partial charge in [0.05, 0.1) is 26.1 Å². The summed E-state index contributed by atoms with van der Waals surface area (Å²) in [6.45, 7) is 0.280. The Kier molecular flexibility index (Phi) is 4.12. The van der Waals surface area contributed by atoms with Crippen LogP contribution in [0.3, 0.4) is 0 Å². The molecule has 108 valence electrons. The third-order valence-electron chi connectivity index (χ3n) is 3.38. The summed E-state index contributed by atoms with van der Waals surface area (Å²) in [4.78, 5) is 22.5. The number of aliphatic carboxylic acids is 1. The second kappa shape index (κ2) is 5.81. The van der Waals surface area contributed by atoms with E-state index in [2.05, 4.69) is 5.32 Å². The molecule has 0 spiro atoms. The molecule has 0 aliphatic heterocycles. The molecule has 0 heterocycles. The topological polar surface area (TPSA) is 84.9 Å². The molecule has 0 unspecified atom stereocenters. The van der Waals surface area contributed by atoms with E-state index in [9.17, 15) is 9.59 Å². The molecule has 1 aliphatic carbocycles. The molecule has 6 nitrogen and oxygen atoms in total. The molecule has 1 aromatic carbocycles. The van der Waals surface area contributed by atoms with Gasteiger partial charge in [0, 0.05) is 12.1 Å². The van der Waals surface area contributed by atoms with Crippen molar-refractivity contribution in [1.82, 2.24) is 5.32 Å². The largest absolute Gasteiger partial charge is 0.493 e. The molecule has 0 radical (unpaired) electrons. The fourth-order valence-electron chi connectivity index (χ4n) is 2.16. The van der Waals surface area contributed by atoms with Crippen molar-refractivity contribution in [2.45, 2.75) is 13.0 Å². The summed E-state index contributed by atoms with van der Waals surface area (Å²) in [5.74, 6) is -0.937. The van der Waals surface area contributed by atoms with Crippen LogP contribution in [0.25, 0.3) is 0 Å². The highest BCUT2D eigenvalue weighted by atomic mass is 16.5. The van der Waals surface area contributed by atoms with Crippen LogP contribution in [0.2, 0.25) is 0 Å². The zero-order valence-corrected chi connectivity index (χ0v) is 11.4. The van der Waals surface area contributed by atoms with Gasteiger partial charge in [0.1, 0.15) is 0 Å². The molecule has 2 atom stereocenters. The first-order chi connectivity index (χ1) is 9.58. The molecule has 0 aromatic heterocycles. The summed E-state index contributed by atoms with van der Waals surface area (Å²) < 4.78 is 10.4. The van der Waals surface area contributed by atoms with E-state index < -0.39 is 17.8 Å². The number of hydrogen-bond acceptors (Lipinski definition) is 4. The zero-order chi connectivity index (χ0) is 14.7. The van der Waals surface area contributed by atoms with Crippen LogP contribution < -0.4 is 14.8 Å². The van der Waals surface area contributed by atoms with Crippen molar-refractivity contribution >= 4 is 11.9 Å². The Bertz CT molecular complexity index is 528. The van der Waals surface area contributed by atoms with Gasteiger partial charge in [-0.05, 0) is 12.5 Å². The van der Waals surface area contributed by atoms with Gasteiger partial charge in [0.15, 0.2) is 11.5 Å². The summed E-state index contributed by atoms with van der Waals surface area (Å²) in [5.41, 5.74) is 0.785. The summed E-state index contributed by atoms with van der Waals surface area (Å²) in [7, 11) is 3.08. The van der Waals surface area contributed by atoms with Crippen molar-refractivity contribution in [3.63, 3.8) is 0 Å². The molecule has 1 saturated carbocycles. The molecule has 1 fully saturated rings. The van der Waals surface area contributed by atoms with E-state index in [4.69, 9.17) is 14.6 Å². The van der Waals surface area contributed by atoms with Crippen LogP contribution in [0.4, 0.5) is 0 Å². The lowest BCUT2D eigenvalue weighted by Gasteiger charge is -2.13. The number of nitrogens with one attached hydrogen (secondary N) is 1. The third-order valence-corrected chi connectivity index (χ3v) is 3.38. The molecule has 1 aliphatic rings. The van der Waals surface area contributed by atoms with Crippen molar-refractivity contribution in [2.75, 3.05) is 14.2 Å². The maximum Gasteiger partial charge on any atom is 0.307 e. The maximum absolute atomic E-state index is 11.8. The van der Waals surface area contributed by atoms with Gasteiger partial charge in [-0.15, -0.1) is 0 Å². The number of carbonyl (C=O) groups excluding carboxylic acids is 1. The van der Waals surface area contributed by atoms with Gasteiger partial charge >= 0.3 is 5.97 Å². The lowest BCUT2D eigenvalue weighted by molar-refractivity contribution is -0.140. The van der Waals surface area contributed by atoms with Crippen LogP contribution in [0, 0.1) is 11.8 Å². The highest BCUT2D eigenvalue weighted by molar-refractivity contribution is 5.89. The maximum atomic E-state index is 11.8. The number of para-hydroxylation sites is 1. The molecule has 2 rings (SSSR count). The van der Waals surface area contributed by atoms with Crippen molar-refractivity contribution in [1.29, 1.82) is 0 Å². The van der Waals surface area contributed by atoms with E-state index in [-0.39, 0.29) is 12.5 Å². The van der Waals surface area contributed by atoms with Crippen LogP contribution in [0.1, 0.15) is 12.0 Å².